The van der Waals surface area contributed by atoms with Gasteiger partial charge in [0.1, 0.15) is 0 Å². The third kappa shape index (κ3) is 2.70. The average molecular weight is 271 g/mol. The van der Waals surface area contributed by atoms with Crippen molar-refractivity contribution in [1.82, 2.24) is 4.31 Å². The van der Waals surface area contributed by atoms with E-state index in [2.05, 4.69) is 6.58 Å². The normalized spacial score (nSPS) is 30.5. The Bertz CT molecular complexity index is 441. The quantitative estimate of drug-likeness (QED) is 0.769. The molecule has 0 aromatic rings. The van der Waals surface area contributed by atoms with Gasteiger partial charge in [-0.25, -0.2) is 4.21 Å². The number of rotatable bonds is 3. The second-order valence-corrected chi connectivity index (χ2v) is 4.90. The van der Waals surface area contributed by atoms with Gasteiger partial charge in [0, 0.05) is 0 Å². The maximum absolute atomic E-state index is 11.4. The van der Waals surface area contributed by atoms with Gasteiger partial charge in [0.2, 0.25) is 0 Å². The van der Waals surface area contributed by atoms with Crippen LogP contribution in [0.4, 0.5) is 0 Å². The molecule has 2 N–H and O–H groups in total. The smallest absolute Gasteiger partial charge is 0.308 e. The minimum Gasteiger partial charge on any atom is -0.481 e. The second kappa shape index (κ2) is 5.97. The first-order valence-electron chi connectivity index (χ1n) is 5.55. The summed E-state index contributed by atoms with van der Waals surface area (Å²) >= 11 is -2.25. The van der Waals surface area contributed by atoms with Crippen LogP contribution in [-0.4, -0.2) is 30.2 Å². The van der Waals surface area contributed by atoms with Gasteiger partial charge in [0.25, 0.3) is 11.3 Å². The average Bonchev–Trinajstić information content (AvgIpc) is 2.29. The van der Waals surface area contributed by atoms with Crippen LogP contribution in [0, 0.1) is 5.92 Å². The lowest BCUT2D eigenvalue weighted by atomic mass is 9.86. The molecule has 5 nitrogen and oxygen atoms in total. The lowest BCUT2D eigenvalue weighted by molar-refractivity contribution is -0.143. The summed E-state index contributed by atoms with van der Waals surface area (Å²) in [6, 6.07) is -0.540. The molecule has 0 aliphatic carbocycles. The summed E-state index contributed by atoms with van der Waals surface area (Å²) in [5.41, 5.74) is 1.29. The van der Waals surface area contributed by atoms with Crippen LogP contribution in [0.2, 0.25) is 0 Å². The number of hydrogen-bond donors (Lipinski definition) is 2. The fraction of sp³-hybridized carbons (Fsp3) is 0.417. The van der Waals surface area contributed by atoms with E-state index < -0.39 is 29.2 Å². The Morgan fingerprint density at radius 1 is 1.61 bits per heavy atom. The first kappa shape index (κ1) is 14.7. The molecule has 100 valence electrons. The van der Waals surface area contributed by atoms with Crippen LogP contribution in [0.3, 0.4) is 0 Å². The van der Waals surface area contributed by atoms with Gasteiger partial charge in [-0.2, -0.15) is 0 Å². The van der Waals surface area contributed by atoms with E-state index in [4.69, 9.17) is 0 Å². The molecule has 0 saturated carbocycles. The number of hydrogen-bond acceptors (Lipinski definition) is 2. The van der Waals surface area contributed by atoms with E-state index in [-0.39, 0.29) is 0 Å². The first-order chi connectivity index (χ1) is 8.43. The van der Waals surface area contributed by atoms with Crippen LogP contribution < -0.4 is 0 Å². The first-order valence-corrected chi connectivity index (χ1v) is 6.61. The molecule has 1 aliphatic rings. The van der Waals surface area contributed by atoms with Crippen molar-refractivity contribution >= 4 is 17.2 Å². The number of allylic oxidation sites excluding steroid dienone is 4. The molecule has 0 radical (unpaired) electrons. The molecule has 3 atom stereocenters. The molecule has 1 saturated heterocycles. The highest BCUT2D eigenvalue weighted by molar-refractivity contribution is 7.76. The van der Waals surface area contributed by atoms with Crippen LogP contribution >= 0.6 is 0 Å². The molecular formula is C12H17NO4S. The SMILES string of the molecule is C=C/C=C1/C[C@@H](C(=O)O)[C@@H](C)N(S(=O)O)/C1=C/C. The molecule has 0 aromatic heterocycles. The zero-order valence-corrected chi connectivity index (χ0v) is 11.2. The van der Waals surface area contributed by atoms with E-state index >= 15 is 0 Å². The zero-order valence-electron chi connectivity index (χ0n) is 10.4. The maximum Gasteiger partial charge on any atom is 0.308 e. The van der Waals surface area contributed by atoms with Crippen molar-refractivity contribution in [2.24, 2.45) is 5.92 Å². The molecule has 1 rings (SSSR count). The van der Waals surface area contributed by atoms with Gasteiger partial charge in [-0.05, 0) is 25.8 Å². The molecule has 1 unspecified atom stereocenters. The Balaban J connectivity index is 3.28. The van der Waals surface area contributed by atoms with Gasteiger partial charge < -0.3 is 5.11 Å². The lowest BCUT2D eigenvalue weighted by Crippen LogP contribution is -2.46. The Hall–Kier alpha value is -1.40. The molecular weight excluding hydrogens is 254 g/mol. The number of nitrogens with zero attached hydrogens (tertiary/aromatic N) is 1. The molecule has 18 heavy (non-hydrogen) atoms. The van der Waals surface area contributed by atoms with Crippen LogP contribution in [0.5, 0.6) is 0 Å². The van der Waals surface area contributed by atoms with Crippen molar-refractivity contribution in [2.75, 3.05) is 0 Å². The van der Waals surface area contributed by atoms with Crippen LogP contribution in [-0.2, 0) is 16.1 Å². The van der Waals surface area contributed by atoms with E-state index in [1.807, 2.05) is 0 Å². The third-order valence-electron chi connectivity index (χ3n) is 3.04. The highest BCUT2D eigenvalue weighted by atomic mass is 32.2. The molecule has 6 heteroatoms. The Labute approximate surface area is 109 Å². The summed E-state index contributed by atoms with van der Waals surface area (Å²) in [6.45, 7) is 6.96. The highest BCUT2D eigenvalue weighted by Crippen LogP contribution is 2.35. The van der Waals surface area contributed by atoms with E-state index in [0.717, 1.165) is 0 Å². The van der Waals surface area contributed by atoms with Gasteiger partial charge in [-0.15, -0.1) is 0 Å². The lowest BCUT2D eigenvalue weighted by Gasteiger charge is -2.39. The van der Waals surface area contributed by atoms with Crippen molar-refractivity contribution in [3.8, 4) is 0 Å². The Morgan fingerprint density at radius 3 is 2.61 bits per heavy atom. The minimum absolute atomic E-state index is 0.329. The molecule has 0 aromatic carbocycles. The highest BCUT2D eigenvalue weighted by Gasteiger charge is 2.39. The molecule has 1 fully saturated rings. The molecule has 1 heterocycles. The minimum atomic E-state index is -2.25. The van der Waals surface area contributed by atoms with E-state index in [1.165, 1.54) is 4.31 Å². The van der Waals surface area contributed by atoms with Crippen LogP contribution in [0.25, 0.3) is 0 Å². The Kier molecular flexibility index (Phi) is 4.86. The zero-order chi connectivity index (χ0) is 13.9. The van der Waals surface area contributed by atoms with Crippen LogP contribution in [0.15, 0.2) is 36.1 Å². The fourth-order valence-electron chi connectivity index (χ4n) is 2.16. The summed E-state index contributed by atoms with van der Waals surface area (Å²) in [4.78, 5) is 11.2. The van der Waals surface area contributed by atoms with Gasteiger partial charge in [-0.1, -0.05) is 24.8 Å². The predicted molar refractivity (Wildman–Crippen MR) is 69.9 cm³/mol. The number of carboxylic acid groups (broad SMARTS) is 1. The third-order valence-corrected chi connectivity index (χ3v) is 3.90. The largest absolute Gasteiger partial charge is 0.481 e. The fourth-order valence-corrected chi connectivity index (χ4v) is 2.99. The van der Waals surface area contributed by atoms with Gasteiger partial charge in [0.15, 0.2) is 0 Å². The van der Waals surface area contributed by atoms with Gasteiger partial charge >= 0.3 is 5.97 Å². The molecule has 0 spiro atoms. The molecule has 0 bridgehead atoms. The summed E-state index contributed by atoms with van der Waals surface area (Å²) < 4.78 is 22.0. The Morgan fingerprint density at radius 2 is 2.22 bits per heavy atom. The summed E-state index contributed by atoms with van der Waals surface area (Å²) in [5.74, 6) is -1.68. The number of carboxylic acids is 1. The number of carbonyl (C=O) groups is 1. The van der Waals surface area contributed by atoms with Crippen molar-refractivity contribution in [3.63, 3.8) is 0 Å². The maximum atomic E-state index is 11.4. The van der Waals surface area contributed by atoms with Crippen LogP contribution in [0.1, 0.15) is 20.3 Å². The van der Waals surface area contributed by atoms with Gasteiger partial charge in [0.05, 0.1) is 17.7 Å². The standard InChI is InChI=1S/C12H17NO4S/c1-4-6-9-7-10(12(14)15)8(3)13(18(16)17)11(9)5-2/h4-6,8,10H,1,7H2,2-3H3,(H,14,15)(H,16,17)/b9-6-,11-5+/t8-,10-/m1/s1. The predicted octanol–water partition coefficient (Wildman–Crippen LogP) is 1.93. The van der Waals surface area contributed by atoms with Crippen molar-refractivity contribution < 1.29 is 18.7 Å². The summed E-state index contributed by atoms with van der Waals surface area (Å²) in [7, 11) is 0. The number of aliphatic carboxylic acids is 1. The van der Waals surface area contributed by atoms with Crippen molar-refractivity contribution in [1.29, 1.82) is 0 Å². The van der Waals surface area contributed by atoms with Crippen molar-refractivity contribution in [3.05, 3.63) is 36.1 Å². The second-order valence-electron chi connectivity index (χ2n) is 4.05. The summed E-state index contributed by atoms with van der Waals surface area (Å²) in [5, 5.41) is 9.17. The molecule has 0 amide bonds. The van der Waals surface area contributed by atoms with Gasteiger partial charge in [-0.3, -0.25) is 13.7 Å². The van der Waals surface area contributed by atoms with E-state index in [9.17, 15) is 18.7 Å². The number of piperidine rings is 1. The van der Waals surface area contributed by atoms with E-state index in [1.54, 1.807) is 32.1 Å². The topological polar surface area (TPSA) is 77.8 Å². The monoisotopic (exact) mass is 271 g/mol. The van der Waals surface area contributed by atoms with Crippen molar-refractivity contribution in [2.45, 2.75) is 26.3 Å². The molecule has 1 aliphatic heterocycles. The summed E-state index contributed by atoms with van der Waals surface area (Å²) in [6.07, 6.45) is 5.26. The van der Waals surface area contributed by atoms with E-state index in [0.29, 0.717) is 17.7 Å².